The second kappa shape index (κ2) is 8.95. The average molecular weight is 410 g/mol. The molecular weight excluding hydrogens is 378 g/mol. The fraction of sp³-hybridized carbons (Fsp3) is 0.417. The lowest BCUT2D eigenvalue weighted by molar-refractivity contribution is -0.117. The molecule has 154 valence electrons. The van der Waals surface area contributed by atoms with Gasteiger partial charge in [-0.15, -0.1) is 0 Å². The topological polar surface area (TPSA) is 44.4 Å². The zero-order valence-electron chi connectivity index (χ0n) is 18.0. The Kier molecular flexibility index (Phi) is 6.58. The van der Waals surface area contributed by atoms with E-state index in [-0.39, 0.29) is 11.9 Å². The predicted molar refractivity (Wildman–Crippen MR) is 126 cm³/mol. The van der Waals surface area contributed by atoms with Crippen molar-refractivity contribution in [3.8, 4) is 0 Å². The monoisotopic (exact) mass is 409 g/mol. The van der Waals surface area contributed by atoms with E-state index in [1.807, 2.05) is 30.0 Å². The molecule has 1 heterocycles. The molecule has 0 aromatic heterocycles. The van der Waals surface area contributed by atoms with Gasteiger partial charge in [0.25, 0.3) is 0 Å². The summed E-state index contributed by atoms with van der Waals surface area (Å²) in [5.74, 6) is 0.577. The number of thiocarbonyl (C=S) groups is 1. The molecular formula is C24H31N3OS. The third-order valence-corrected chi connectivity index (χ3v) is 5.76. The molecule has 0 bridgehead atoms. The Labute approximate surface area is 179 Å². The molecule has 0 saturated carbocycles. The molecule has 0 aliphatic carbocycles. The van der Waals surface area contributed by atoms with Crippen LogP contribution in [0.1, 0.15) is 55.0 Å². The van der Waals surface area contributed by atoms with E-state index in [4.69, 9.17) is 12.2 Å². The van der Waals surface area contributed by atoms with Crippen LogP contribution in [-0.2, 0) is 4.79 Å². The summed E-state index contributed by atoms with van der Waals surface area (Å²) in [6.45, 7) is 11.5. The number of hydrogen-bond acceptors (Lipinski definition) is 2. The molecule has 5 heteroatoms. The van der Waals surface area contributed by atoms with Crippen molar-refractivity contribution in [2.45, 2.75) is 53.5 Å². The Morgan fingerprint density at radius 3 is 2.45 bits per heavy atom. The van der Waals surface area contributed by atoms with Crippen molar-refractivity contribution >= 4 is 34.6 Å². The zero-order chi connectivity index (χ0) is 21.1. The fourth-order valence-corrected chi connectivity index (χ4v) is 4.21. The van der Waals surface area contributed by atoms with Gasteiger partial charge < -0.3 is 15.5 Å². The third-order valence-electron chi connectivity index (χ3n) is 5.54. The number of aryl methyl sites for hydroxylation is 3. The number of benzene rings is 2. The summed E-state index contributed by atoms with van der Waals surface area (Å²) >= 11 is 5.63. The first kappa shape index (κ1) is 21.3. The summed E-state index contributed by atoms with van der Waals surface area (Å²) in [4.78, 5) is 14.0. The standard InChI is InChI=1S/C24H31N3OS/c1-15(2)23(20-11-8-16(3)13-18(20)5)26-24(29)25-19-10-9-17(4)21(14-19)27-12-6-7-22(27)28/h8-11,13-15,23H,6-7,12H2,1-5H3,(H2,25,26,29)/t23-/m1/s1. The van der Waals surface area contributed by atoms with E-state index in [9.17, 15) is 4.79 Å². The van der Waals surface area contributed by atoms with E-state index in [0.717, 1.165) is 29.9 Å². The summed E-state index contributed by atoms with van der Waals surface area (Å²) < 4.78 is 0. The van der Waals surface area contributed by atoms with Gasteiger partial charge in [0, 0.05) is 24.3 Å². The molecule has 2 N–H and O–H groups in total. The molecule has 1 saturated heterocycles. The average Bonchev–Trinajstić information content (AvgIpc) is 3.07. The normalized spacial score (nSPS) is 15.0. The molecule has 0 radical (unpaired) electrons. The number of anilines is 2. The summed E-state index contributed by atoms with van der Waals surface area (Å²) in [6, 6.07) is 12.7. The van der Waals surface area contributed by atoms with Gasteiger partial charge in [-0.05, 0) is 74.2 Å². The van der Waals surface area contributed by atoms with Crippen LogP contribution in [0.25, 0.3) is 0 Å². The highest BCUT2D eigenvalue weighted by molar-refractivity contribution is 7.80. The van der Waals surface area contributed by atoms with Crippen LogP contribution in [0.4, 0.5) is 11.4 Å². The third kappa shape index (κ3) is 4.96. The molecule has 1 atom stereocenters. The first-order valence-corrected chi connectivity index (χ1v) is 10.7. The van der Waals surface area contributed by atoms with Gasteiger partial charge in [0.15, 0.2) is 5.11 Å². The van der Waals surface area contributed by atoms with Gasteiger partial charge in [-0.2, -0.15) is 0 Å². The minimum Gasteiger partial charge on any atom is -0.355 e. The van der Waals surface area contributed by atoms with E-state index >= 15 is 0 Å². The first-order chi connectivity index (χ1) is 13.8. The molecule has 1 fully saturated rings. The number of carbonyl (C=O) groups excluding carboxylic acids is 1. The lowest BCUT2D eigenvalue weighted by Crippen LogP contribution is -2.35. The summed E-state index contributed by atoms with van der Waals surface area (Å²) in [5.41, 5.74) is 6.75. The number of amides is 1. The molecule has 0 spiro atoms. The number of nitrogens with one attached hydrogen (secondary N) is 2. The van der Waals surface area contributed by atoms with E-state index in [1.165, 1.54) is 16.7 Å². The zero-order valence-corrected chi connectivity index (χ0v) is 18.8. The Morgan fingerprint density at radius 2 is 1.83 bits per heavy atom. The predicted octanol–water partition coefficient (Wildman–Crippen LogP) is 5.42. The highest BCUT2D eigenvalue weighted by atomic mass is 32.1. The van der Waals surface area contributed by atoms with Crippen LogP contribution < -0.4 is 15.5 Å². The molecule has 1 aliphatic rings. The minimum atomic E-state index is 0.126. The Morgan fingerprint density at radius 1 is 1.07 bits per heavy atom. The van der Waals surface area contributed by atoms with Crippen LogP contribution in [0.5, 0.6) is 0 Å². The first-order valence-electron chi connectivity index (χ1n) is 10.3. The van der Waals surface area contributed by atoms with Gasteiger partial charge in [0.2, 0.25) is 5.91 Å². The molecule has 2 aromatic carbocycles. The van der Waals surface area contributed by atoms with E-state index < -0.39 is 0 Å². The van der Waals surface area contributed by atoms with E-state index in [1.54, 1.807) is 0 Å². The van der Waals surface area contributed by atoms with Crippen molar-refractivity contribution in [1.29, 1.82) is 0 Å². The lowest BCUT2D eigenvalue weighted by Gasteiger charge is -2.27. The largest absolute Gasteiger partial charge is 0.355 e. The van der Waals surface area contributed by atoms with Gasteiger partial charge >= 0.3 is 0 Å². The Hall–Kier alpha value is -2.40. The number of hydrogen-bond donors (Lipinski definition) is 2. The van der Waals surface area contributed by atoms with Crippen molar-refractivity contribution in [1.82, 2.24) is 5.32 Å². The van der Waals surface area contributed by atoms with Crippen LogP contribution in [0.2, 0.25) is 0 Å². The van der Waals surface area contributed by atoms with Crippen LogP contribution in [-0.4, -0.2) is 17.6 Å². The molecule has 1 amide bonds. The van der Waals surface area contributed by atoms with E-state index in [2.05, 4.69) is 56.5 Å². The molecule has 0 unspecified atom stereocenters. The van der Waals surface area contributed by atoms with Gasteiger partial charge in [-0.1, -0.05) is 43.7 Å². The van der Waals surface area contributed by atoms with Gasteiger partial charge in [0.05, 0.1) is 6.04 Å². The van der Waals surface area contributed by atoms with Crippen LogP contribution >= 0.6 is 12.2 Å². The molecule has 2 aromatic rings. The highest BCUT2D eigenvalue weighted by Crippen LogP contribution is 2.29. The molecule has 4 nitrogen and oxygen atoms in total. The van der Waals surface area contributed by atoms with Crippen molar-refractivity contribution in [2.24, 2.45) is 5.92 Å². The quantitative estimate of drug-likeness (QED) is 0.647. The minimum absolute atomic E-state index is 0.126. The van der Waals surface area contributed by atoms with Crippen molar-refractivity contribution in [3.05, 3.63) is 58.7 Å². The number of nitrogens with zero attached hydrogens (tertiary/aromatic N) is 1. The maximum Gasteiger partial charge on any atom is 0.227 e. The highest BCUT2D eigenvalue weighted by Gasteiger charge is 2.23. The second-order valence-corrected chi connectivity index (χ2v) is 8.74. The smallest absolute Gasteiger partial charge is 0.227 e. The van der Waals surface area contributed by atoms with Crippen LogP contribution in [0.15, 0.2) is 36.4 Å². The summed E-state index contributed by atoms with van der Waals surface area (Å²) in [6.07, 6.45) is 1.55. The number of carbonyl (C=O) groups is 1. The molecule has 1 aliphatic heterocycles. The SMILES string of the molecule is Cc1ccc([C@H](NC(=S)Nc2ccc(C)c(N3CCCC3=O)c2)C(C)C)c(C)c1. The Balaban J connectivity index is 1.76. The molecule has 29 heavy (non-hydrogen) atoms. The van der Waals surface area contributed by atoms with Crippen molar-refractivity contribution in [2.75, 3.05) is 16.8 Å². The Bertz CT molecular complexity index is 922. The second-order valence-electron chi connectivity index (χ2n) is 8.33. The van der Waals surface area contributed by atoms with Crippen molar-refractivity contribution < 1.29 is 4.79 Å². The fourth-order valence-electron chi connectivity index (χ4n) is 3.97. The molecule has 3 rings (SSSR count). The van der Waals surface area contributed by atoms with Gasteiger partial charge in [-0.3, -0.25) is 4.79 Å². The number of rotatable bonds is 5. The van der Waals surface area contributed by atoms with Crippen LogP contribution in [0, 0.1) is 26.7 Å². The van der Waals surface area contributed by atoms with Gasteiger partial charge in [0.1, 0.15) is 0 Å². The maximum atomic E-state index is 12.2. The van der Waals surface area contributed by atoms with Crippen LogP contribution in [0.3, 0.4) is 0 Å². The maximum absolute atomic E-state index is 12.2. The van der Waals surface area contributed by atoms with E-state index in [0.29, 0.717) is 17.5 Å². The summed E-state index contributed by atoms with van der Waals surface area (Å²) in [5, 5.41) is 7.40. The lowest BCUT2D eigenvalue weighted by atomic mass is 9.92. The summed E-state index contributed by atoms with van der Waals surface area (Å²) in [7, 11) is 0. The van der Waals surface area contributed by atoms with Crippen molar-refractivity contribution in [3.63, 3.8) is 0 Å². The van der Waals surface area contributed by atoms with Gasteiger partial charge in [-0.25, -0.2) is 0 Å².